The fraction of sp³-hybridized carbons (Fsp3) is 0.737. The molecule has 2 N–H and O–H groups in total. The number of carbonyl (C=O) groups excluding carboxylic acids is 1. The summed E-state index contributed by atoms with van der Waals surface area (Å²) in [6, 6.07) is 4.12. The average molecular weight is 360 g/mol. The molecule has 1 aliphatic carbocycles. The second kappa shape index (κ2) is 7.88. The molecule has 1 spiro atoms. The van der Waals surface area contributed by atoms with Crippen molar-refractivity contribution in [2.45, 2.75) is 69.1 Å². The van der Waals surface area contributed by atoms with Gasteiger partial charge in [-0.05, 0) is 50.7 Å². The van der Waals surface area contributed by atoms with Crippen molar-refractivity contribution in [2.75, 3.05) is 25.1 Å². The number of carbonyl (C=O) groups is 1. The summed E-state index contributed by atoms with van der Waals surface area (Å²) in [5, 5.41) is 14.8. The number of hydrogen-bond donors (Lipinski definition) is 2. The minimum atomic E-state index is -0.160. The molecule has 0 bridgehead atoms. The molecule has 2 saturated heterocycles. The Labute approximate surface area is 154 Å². The molecule has 1 aromatic rings. The highest BCUT2D eigenvalue weighted by Gasteiger charge is 2.39. The summed E-state index contributed by atoms with van der Waals surface area (Å²) < 4.78 is 11.4. The maximum Gasteiger partial charge on any atom is 0.272 e. The zero-order chi connectivity index (χ0) is 17.8. The van der Waals surface area contributed by atoms with Gasteiger partial charge in [0.1, 0.15) is 5.82 Å². The van der Waals surface area contributed by atoms with Gasteiger partial charge in [0.05, 0.1) is 5.60 Å². The highest BCUT2D eigenvalue weighted by molar-refractivity contribution is 5.92. The van der Waals surface area contributed by atoms with Crippen LogP contribution in [0.4, 0.5) is 5.82 Å². The number of nitrogens with zero attached hydrogens (tertiary/aromatic N) is 2. The molecule has 1 amide bonds. The molecule has 7 nitrogen and oxygen atoms in total. The van der Waals surface area contributed by atoms with Gasteiger partial charge in [-0.3, -0.25) is 4.79 Å². The van der Waals surface area contributed by atoms with Crippen LogP contribution in [-0.2, 0) is 9.47 Å². The highest BCUT2D eigenvalue weighted by atomic mass is 16.5. The number of hydrogen-bond acceptors (Lipinski definition) is 6. The van der Waals surface area contributed by atoms with Crippen LogP contribution in [0.3, 0.4) is 0 Å². The molecule has 1 aromatic heterocycles. The first kappa shape index (κ1) is 17.7. The summed E-state index contributed by atoms with van der Waals surface area (Å²) in [5.41, 5.74) is 0.439. The van der Waals surface area contributed by atoms with Gasteiger partial charge in [0.2, 0.25) is 0 Å². The number of anilines is 1. The quantitative estimate of drug-likeness (QED) is 0.857. The molecular weight excluding hydrogens is 332 g/mol. The predicted octanol–water partition coefficient (Wildman–Crippen LogP) is 2.29. The monoisotopic (exact) mass is 360 g/mol. The third-order valence-electron chi connectivity index (χ3n) is 5.81. The Morgan fingerprint density at radius 3 is 2.54 bits per heavy atom. The second-order valence-electron chi connectivity index (χ2n) is 7.74. The number of rotatable bonds is 4. The van der Waals surface area contributed by atoms with Crippen LogP contribution >= 0.6 is 0 Å². The van der Waals surface area contributed by atoms with Crippen molar-refractivity contribution in [1.82, 2.24) is 15.5 Å². The van der Waals surface area contributed by atoms with E-state index in [4.69, 9.17) is 9.47 Å². The maximum atomic E-state index is 12.3. The largest absolute Gasteiger partial charge is 0.381 e. The van der Waals surface area contributed by atoms with E-state index in [9.17, 15) is 4.79 Å². The number of amides is 1. The van der Waals surface area contributed by atoms with Crippen molar-refractivity contribution in [1.29, 1.82) is 0 Å². The summed E-state index contributed by atoms with van der Waals surface area (Å²) in [5.74, 6) is 0.569. The number of ether oxygens (including phenoxy) is 2. The van der Waals surface area contributed by atoms with Crippen LogP contribution in [0.25, 0.3) is 0 Å². The molecule has 0 radical (unpaired) electrons. The summed E-state index contributed by atoms with van der Waals surface area (Å²) in [7, 11) is 0. The van der Waals surface area contributed by atoms with Crippen LogP contribution < -0.4 is 10.6 Å². The van der Waals surface area contributed by atoms with Crippen LogP contribution in [-0.4, -0.2) is 53.6 Å². The topological polar surface area (TPSA) is 85.4 Å². The lowest BCUT2D eigenvalue weighted by Gasteiger charge is -2.38. The van der Waals surface area contributed by atoms with E-state index in [0.29, 0.717) is 24.9 Å². The Morgan fingerprint density at radius 2 is 1.81 bits per heavy atom. The van der Waals surface area contributed by atoms with Crippen molar-refractivity contribution in [3.05, 3.63) is 17.8 Å². The van der Waals surface area contributed by atoms with E-state index in [0.717, 1.165) is 38.1 Å². The van der Waals surface area contributed by atoms with E-state index in [2.05, 4.69) is 20.8 Å². The van der Waals surface area contributed by atoms with Crippen molar-refractivity contribution in [3.8, 4) is 0 Å². The standard InChI is InChI=1S/C19H28N4O3/c24-18(21-14-5-10-25-11-6-14)16-3-4-17(23-22-16)20-15-7-12-26-19(13-15)8-1-2-9-19/h3-4,14-15H,1-2,5-13H2,(H,20,23)(H,21,24). The SMILES string of the molecule is O=C(NC1CCOCC1)c1ccc(NC2CCOC3(CCCC3)C2)nn1. The van der Waals surface area contributed by atoms with Gasteiger partial charge in [0, 0.05) is 31.9 Å². The fourth-order valence-electron chi connectivity index (χ4n) is 4.36. The van der Waals surface area contributed by atoms with Crippen LogP contribution in [0, 0.1) is 0 Å². The smallest absolute Gasteiger partial charge is 0.272 e. The van der Waals surface area contributed by atoms with Gasteiger partial charge >= 0.3 is 0 Å². The third-order valence-corrected chi connectivity index (χ3v) is 5.81. The van der Waals surface area contributed by atoms with E-state index in [1.54, 1.807) is 6.07 Å². The molecule has 1 unspecified atom stereocenters. The lowest BCUT2D eigenvalue weighted by Crippen LogP contribution is -2.42. The molecule has 2 aliphatic heterocycles. The van der Waals surface area contributed by atoms with Gasteiger partial charge in [0.15, 0.2) is 5.69 Å². The van der Waals surface area contributed by atoms with Crippen molar-refractivity contribution < 1.29 is 14.3 Å². The molecular formula is C19H28N4O3. The van der Waals surface area contributed by atoms with Gasteiger partial charge < -0.3 is 20.1 Å². The molecule has 4 rings (SSSR count). The summed E-state index contributed by atoms with van der Waals surface area (Å²) in [4.78, 5) is 12.3. The zero-order valence-electron chi connectivity index (χ0n) is 15.2. The average Bonchev–Trinajstić information content (AvgIpc) is 3.10. The molecule has 1 atom stereocenters. The lowest BCUT2D eigenvalue weighted by atomic mass is 9.89. The van der Waals surface area contributed by atoms with Gasteiger partial charge in [0.25, 0.3) is 5.91 Å². The summed E-state index contributed by atoms with van der Waals surface area (Å²) in [6.07, 6.45) is 8.59. The predicted molar refractivity (Wildman–Crippen MR) is 97.1 cm³/mol. The second-order valence-corrected chi connectivity index (χ2v) is 7.74. The third kappa shape index (κ3) is 4.15. The zero-order valence-corrected chi connectivity index (χ0v) is 15.2. The first-order valence-corrected chi connectivity index (χ1v) is 9.85. The van der Waals surface area contributed by atoms with Gasteiger partial charge in [-0.25, -0.2) is 0 Å². The molecule has 1 saturated carbocycles. The Morgan fingerprint density at radius 1 is 1.04 bits per heavy atom. The molecule has 142 valence electrons. The Balaban J connectivity index is 1.31. The molecule has 26 heavy (non-hydrogen) atoms. The van der Waals surface area contributed by atoms with Gasteiger partial charge in [-0.15, -0.1) is 10.2 Å². The fourth-order valence-corrected chi connectivity index (χ4v) is 4.36. The first-order chi connectivity index (χ1) is 12.7. The van der Waals surface area contributed by atoms with Crippen molar-refractivity contribution in [3.63, 3.8) is 0 Å². The van der Waals surface area contributed by atoms with Crippen molar-refractivity contribution in [2.24, 2.45) is 0 Å². The minimum Gasteiger partial charge on any atom is -0.381 e. The van der Waals surface area contributed by atoms with E-state index in [1.807, 2.05) is 6.07 Å². The highest BCUT2D eigenvalue weighted by Crippen LogP contribution is 2.40. The molecule has 3 fully saturated rings. The van der Waals surface area contributed by atoms with E-state index in [1.165, 1.54) is 25.7 Å². The number of nitrogens with one attached hydrogen (secondary N) is 2. The van der Waals surface area contributed by atoms with E-state index < -0.39 is 0 Å². The van der Waals surface area contributed by atoms with Crippen LogP contribution in [0.1, 0.15) is 61.9 Å². The van der Waals surface area contributed by atoms with Crippen molar-refractivity contribution >= 4 is 11.7 Å². The molecule has 0 aromatic carbocycles. The minimum absolute atomic E-state index is 0.0763. The molecule has 3 heterocycles. The normalized spacial score (nSPS) is 25.9. The van der Waals surface area contributed by atoms with Crippen LogP contribution in [0.15, 0.2) is 12.1 Å². The van der Waals surface area contributed by atoms with E-state index >= 15 is 0 Å². The lowest BCUT2D eigenvalue weighted by molar-refractivity contribution is -0.0767. The van der Waals surface area contributed by atoms with Gasteiger partial charge in [-0.2, -0.15) is 0 Å². The van der Waals surface area contributed by atoms with E-state index in [-0.39, 0.29) is 17.6 Å². The summed E-state index contributed by atoms with van der Waals surface area (Å²) in [6.45, 7) is 2.20. The Hall–Kier alpha value is -1.73. The van der Waals surface area contributed by atoms with Gasteiger partial charge in [-0.1, -0.05) is 12.8 Å². The van der Waals surface area contributed by atoms with Crippen LogP contribution in [0.2, 0.25) is 0 Å². The summed E-state index contributed by atoms with van der Waals surface area (Å²) >= 11 is 0. The Bertz CT molecular complexity index is 610. The maximum absolute atomic E-state index is 12.3. The molecule has 3 aliphatic rings. The number of aromatic nitrogens is 2. The molecule has 7 heteroatoms. The Kier molecular flexibility index (Phi) is 5.36. The first-order valence-electron chi connectivity index (χ1n) is 9.85. The van der Waals surface area contributed by atoms with Crippen LogP contribution in [0.5, 0.6) is 0 Å².